The summed E-state index contributed by atoms with van der Waals surface area (Å²) in [7, 11) is -1.54. The zero-order valence-electron chi connectivity index (χ0n) is 26.6. The molecule has 228 valence electrons. The Morgan fingerprint density at radius 1 is 0.913 bits per heavy atom. The molecule has 3 nitrogen and oxygen atoms in total. The van der Waals surface area contributed by atoms with Gasteiger partial charge in [-0.05, 0) is 98.5 Å². The van der Waals surface area contributed by atoms with E-state index in [2.05, 4.69) is 118 Å². The van der Waals surface area contributed by atoms with Crippen molar-refractivity contribution >= 4 is 50.8 Å². The molecule has 3 aromatic carbocycles. The van der Waals surface area contributed by atoms with E-state index in [0.29, 0.717) is 12.0 Å². The molecular formula is C41H38BNO2S. The van der Waals surface area contributed by atoms with E-state index in [9.17, 15) is 10.0 Å². The Labute approximate surface area is 276 Å². The van der Waals surface area contributed by atoms with Gasteiger partial charge >= 0.3 is 7.12 Å². The van der Waals surface area contributed by atoms with Crippen molar-refractivity contribution < 1.29 is 10.0 Å². The number of nitrogens with zero attached hydrogens (tertiary/aromatic N) is 1. The molecule has 1 aromatic heterocycles. The second-order valence-corrected chi connectivity index (χ2v) is 13.2. The normalized spacial score (nSPS) is 17.2. The highest BCUT2D eigenvalue weighted by atomic mass is 32.1. The van der Waals surface area contributed by atoms with Crippen LogP contribution in [0.15, 0.2) is 146 Å². The summed E-state index contributed by atoms with van der Waals surface area (Å²) >= 11 is 1.61. The zero-order valence-corrected chi connectivity index (χ0v) is 27.4. The van der Waals surface area contributed by atoms with Crippen LogP contribution in [-0.2, 0) is 5.41 Å². The van der Waals surface area contributed by atoms with Gasteiger partial charge in [-0.25, -0.2) is 0 Å². The van der Waals surface area contributed by atoms with Gasteiger partial charge in [0.15, 0.2) is 0 Å². The van der Waals surface area contributed by atoms with Crippen molar-refractivity contribution in [2.75, 3.05) is 11.4 Å². The Kier molecular flexibility index (Phi) is 8.83. The maximum absolute atomic E-state index is 9.80. The van der Waals surface area contributed by atoms with E-state index in [4.69, 9.17) is 0 Å². The number of hydrogen-bond donors (Lipinski definition) is 2. The van der Waals surface area contributed by atoms with E-state index in [1.54, 1.807) is 29.5 Å². The Morgan fingerprint density at radius 3 is 2.54 bits per heavy atom. The number of allylic oxidation sites excluding steroid dienone is 9. The predicted octanol–water partition coefficient (Wildman–Crippen LogP) is 9.13. The van der Waals surface area contributed by atoms with E-state index in [-0.39, 0.29) is 5.41 Å². The lowest BCUT2D eigenvalue weighted by atomic mass is 9.81. The minimum Gasteiger partial charge on any atom is -0.423 e. The van der Waals surface area contributed by atoms with E-state index in [1.165, 1.54) is 22.3 Å². The fourth-order valence-electron chi connectivity index (χ4n) is 6.43. The Morgan fingerprint density at radius 2 is 1.74 bits per heavy atom. The summed E-state index contributed by atoms with van der Waals surface area (Å²) in [5.74, 6) is 0. The molecule has 1 aliphatic carbocycles. The van der Waals surface area contributed by atoms with Gasteiger partial charge < -0.3 is 14.9 Å². The highest BCUT2D eigenvalue weighted by molar-refractivity contribution is 7.16. The molecule has 2 heterocycles. The van der Waals surface area contributed by atoms with Gasteiger partial charge in [0.2, 0.25) is 0 Å². The highest BCUT2D eigenvalue weighted by Crippen LogP contribution is 2.51. The third kappa shape index (κ3) is 5.97. The molecule has 0 bridgehead atoms. The van der Waals surface area contributed by atoms with Gasteiger partial charge in [0.05, 0.1) is 0 Å². The maximum atomic E-state index is 9.80. The first-order valence-electron chi connectivity index (χ1n) is 15.5. The first kappa shape index (κ1) is 31.3. The van der Waals surface area contributed by atoms with Gasteiger partial charge in [0, 0.05) is 33.6 Å². The van der Waals surface area contributed by atoms with Crippen LogP contribution in [-0.4, -0.2) is 23.7 Å². The van der Waals surface area contributed by atoms with Crippen molar-refractivity contribution in [1.82, 2.24) is 0 Å². The van der Waals surface area contributed by atoms with Crippen LogP contribution in [0.25, 0.3) is 32.4 Å². The third-order valence-corrected chi connectivity index (χ3v) is 9.84. The van der Waals surface area contributed by atoms with Crippen molar-refractivity contribution in [3.63, 3.8) is 0 Å². The fraction of sp³-hybridized carbons (Fsp3) is 0.122. The summed E-state index contributed by atoms with van der Waals surface area (Å²) in [6, 6.07) is 27.2. The van der Waals surface area contributed by atoms with Crippen molar-refractivity contribution in [1.29, 1.82) is 0 Å². The smallest absolute Gasteiger partial charge is 0.423 e. The molecule has 2 aliphatic rings. The molecule has 4 aromatic rings. The molecule has 0 saturated heterocycles. The van der Waals surface area contributed by atoms with Crippen LogP contribution in [0.1, 0.15) is 43.0 Å². The van der Waals surface area contributed by atoms with Crippen LogP contribution >= 0.6 is 11.3 Å². The van der Waals surface area contributed by atoms with Gasteiger partial charge in [-0.1, -0.05) is 112 Å². The lowest BCUT2D eigenvalue weighted by Gasteiger charge is -2.29. The molecule has 2 N–H and O–H groups in total. The lowest BCUT2D eigenvalue weighted by molar-refractivity contribution is 0.426. The van der Waals surface area contributed by atoms with Gasteiger partial charge in [-0.3, -0.25) is 0 Å². The lowest BCUT2D eigenvalue weighted by Crippen LogP contribution is -2.28. The molecule has 5 heteroatoms. The van der Waals surface area contributed by atoms with Crippen LogP contribution in [0.2, 0.25) is 0 Å². The second-order valence-electron chi connectivity index (χ2n) is 12.2. The average Bonchev–Trinajstić information content (AvgIpc) is 3.35. The summed E-state index contributed by atoms with van der Waals surface area (Å²) in [5.41, 5.74) is 11.9. The first-order valence-corrected chi connectivity index (χ1v) is 16.4. The topological polar surface area (TPSA) is 43.7 Å². The minimum atomic E-state index is -1.54. The fourth-order valence-corrected chi connectivity index (χ4v) is 7.15. The van der Waals surface area contributed by atoms with Gasteiger partial charge in [-0.15, -0.1) is 11.3 Å². The summed E-state index contributed by atoms with van der Waals surface area (Å²) < 4.78 is 1.09. The molecule has 46 heavy (non-hydrogen) atoms. The van der Waals surface area contributed by atoms with Gasteiger partial charge in [-0.2, -0.15) is 0 Å². The standard InChI is InChI=1S/C41H38BNO2S/c1-6-7-8-13-29(3)43-22-11-14-30(31-19-21-40-32(25-31)18-20-33(42(44)45)15-12-23-46-40)24-28(2)35-26-36-34-16-9-10-17-37(34)41(4,5)38(36)27-39(35)43/h6-21,23-27,44-45H,1-2,22H2,3-5H3/b8-7-,14-11-,20-18?,23-12?,29-13+,30-24+,33-15?. The molecular weight excluding hydrogens is 581 g/mol. The van der Waals surface area contributed by atoms with Gasteiger partial charge in [0.1, 0.15) is 0 Å². The van der Waals surface area contributed by atoms with Crippen molar-refractivity contribution in [3.05, 3.63) is 168 Å². The molecule has 0 radical (unpaired) electrons. The molecule has 0 amide bonds. The first-order chi connectivity index (χ1) is 22.2. The largest absolute Gasteiger partial charge is 0.488 e. The Hall–Kier alpha value is -4.68. The van der Waals surface area contributed by atoms with E-state index < -0.39 is 7.12 Å². The zero-order chi connectivity index (χ0) is 32.4. The maximum Gasteiger partial charge on any atom is 0.488 e. The molecule has 6 rings (SSSR count). The van der Waals surface area contributed by atoms with Crippen molar-refractivity contribution in [2.24, 2.45) is 0 Å². The Balaban J connectivity index is 1.53. The molecule has 0 saturated carbocycles. The average molecular weight is 620 g/mol. The predicted molar refractivity (Wildman–Crippen MR) is 200 cm³/mol. The van der Waals surface area contributed by atoms with Crippen molar-refractivity contribution in [3.8, 4) is 11.1 Å². The second kappa shape index (κ2) is 13.0. The highest BCUT2D eigenvalue weighted by Gasteiger charge is 2.36. The summed E-state index contributed by atoms with van der Waals surface area (Å²) in [6.45, 7) is 15.9. The summed E-state index contributed by atoms with van der Waals surface area (Å²) in [6.07, 6.45) is 14.5. The summed E-state index contributed by atoms with van der Waals surface area (Å²) in [5, 5.41) is 22.6. The molecule has 0 atom stereocenters. The molecule has 0 spiro atoms. The number of benzene rings is 3. The molecule has 0 fully saturated rings. The SMILES string of the molecule is C=C/C=C\C=C(/C)N1C/C=C\C(c2ccc3scccc(B(O)O)ccc3c2)=C/C(=C)c2cc3c(cc21)C(C)(C)c1ccccc1-3. The van der Waals surface area contributed by atoms with Crippen LogP contribution in [0.5, 0.6) is 0 Å². The van der Waals surface area contributed by atoms with Crippen molar-refractivity contribution in [2.45, 2.75) is 26.2 Å². The quantitative estimate of drug-likeness (QED) is 0.173. The number of rotatable bonds is 5. The van der Waals surface area contributed by atoms with E-state index in [1.807, 2.05) is 29.7 Å². The molecule has 0 unspecified atom stereocenters. The van der Waals surface area contributed by atoms with E-state index in [0.717, 1.165) is 43.7 Å². The van der Waals surface area contributed by atoms with Crippen LogP contribution in [0.3, 0.4) is 0 Å². The van der Waals surface area contributed by atoms with Crippen LogP contribution < -0.4 is 10.4 Å². The van der Waals surface area contributed by atoms with Gasteiger partial charge in [0.25, 0.3) is 0 Å². The van der Waals surface area contributed by atoms with Crippen LogP contribution in [0.4, 0.5) is 5.69 Å². The van der Waals surface area contributed by atoms with E-state index >= 15 is 0 Å². The number of hydrogen-bond acceptors (Lipinski definition) is 4. The van der Waals surface area contributed by atoms with Crippen LogP contribution in [0, 0.1) is 0 Å². The Bertz CT molecular complexity index is 2040. The number of fused-ring (bicyclic) bond motifs is 5. The minimum absolute atomic E-state index is 0.120. The summed E-state index contributed by atoms with van der Waals surface area (Å²) in [4.78, 5) is 2.37. The third-order valence-electron chi connectivity index (χ3n) is 8.92. The number of anilines is 1. The molecule has 1 aliphatic heterocycles. The monoisotopic (exact) mass is 619 g/mol.